The highest BCUT2D eigenvalue weighted by Crippen LogP contribution is 2.18. The third-order valence-electron chi connectivity index (χ3n) is 2.78. The van der Waals surface area contributed by atoms with Gasteiger partial charge in [0.05, 0.1) is 5.02 Å². The van der Waals surface area contributed by atoms with Crippen molar-refractivity contribution in [1.29, 1.82) is 0 Å². The van der Waals surface area contributed by atoms with Crippen LogP contribution in [0.15, 0.2) is 18.5 Å². The first-order chi connectivity index (χ1) is 9.13. The van der Waals surface area contributed by atoms with Crippen LogP contribution in [0.2, 0.25) is 5.02 Å². The second kappa shape index (κ2) is 9.62. The Labute approximate surface area is 126 Å². The van der Waals surface area contributed by atoms with Gasteiger partial charge in [-0.2, -0.15) is 11.8 Å². The molecule has 4 heteroatoms. The summed E-state index contributed by atoms with van der Waals surface area (Å²) in [6.07, 6.45) is 5.69. The fourth-order valence-corrected chi connectivity index (χ4v) is 3.14. The number of nitrogens with zero attached hydrogens (tertiary/aromatic N) is 1. The molecule has 0 aromatic carbocycles. The van der Waals surface area contributed by atoms with E-state index in [-0.39, 0.29) is 0 Å². The number of aromatic nitrogens is 1. The molecule has 1 unspecified atom stereocenters. The van der Waals surface area contributed by atoms with Gasteiger partial charge >= 0.3 is 0 Å². The van der Waals surface area contributed by atoms with Gasteiger partial charge in [0.15, 0.2) is 0 Å². The Morgan fingerprint density at radius 2 is 2.16 bits per heavy atom. The van der Waals surface area contributed by atoms with Crippen LogP contribution < -0.4 is 5.32 Å². The summed E-state index contributed by atoms with van der Waals surface area (Å²) in [5, 5.41) is 4.40. The van der Waals surface area contributed by atoms with Crippen molar-refractivity contribution in [2.45, 2.75) is 39.7 Å². The smallest absolute Gasteiger partial charge is 0.0621 e. The van der Waals surface area contributed by atoms with E-state index in [1.807, 2.05) is 24.0 Å². The Balaban J connectivity index is 2.51. The van der Waals surface area contributed by atoms with Crippen LogP contribution in [-0.2, 0) is 6.42 Å². The zero-order valence-corrected chi connectivity index (χ0v) is 13.7. The number of pyridine rings is 1. The van der Waals surface area contributed by atoms with E-state index < -0.39 is 0 Å². The number of rotatable bonds is 9. The standard InChI is InChI=1S/C15H25ClN2S/c1-4-6-18-14(11-19-10-12(2)3)8-13-5-7-17-9-15(13)16/h5,7,9,12,14,18H,4,6,8,10-11H2,1-3H3. The van der Waals surface area contributed by atoms with E-state index in [9.17, 15) is 0 Å². The zero-order chi connectivity index (χ0) is 14.1. The van der Waals surface area contributed by atoms with Crippen LogP contribution in [0.5, 0.6) is 0 Å². The molecule has 0 fully saturated rings. The lowest BCUT2D eigenvalue weighted by molar-refractivity contribution is 0.549. The molecule has 2 nitrogen and oxygen atoms in total. The van der Waals surface area contributed by atoms with E-state index in [0.717, 1.165) is 36.1 Å². The molecular formula is C15H25ClN2S. The predicted octanol–water partition coefficient (Wildman–Crippen LogP) is 4.03. The Morgan fingerprint density at radius 1 is 1.37 bits per heavy atom. The lowest BCUT2D eigenvalue weighted by Gasteiger charge is -2.19. The third-order valence-corrected chi connectivity index (χ3v) is 4.66. The minimum Gasteiger partial charge on any atom is -0.313 e. The maximum Gasteiger partial charge on any atom is 0.0621 e. The molecule has 0 radical (unpaired) electrons. The Hall–Kier alpha value is -0.250. The molecule has 0 amide bonds. The largest absolute Gasteiger partial charge is 0.313 e. The van der Waals surface area contributed by atoms with Crippen molar-refractivity contribution in [1.82, 2.24) is 10.3 Å². The topological polar surface area (TPSA) is 24.9 Å². The minimum absolute atomic E-state index is 0.489. The van der Waals surface area contributed by atoms with Gasteiger partial charge in [-0.25, -0.2) is 0 Å². The van der Waals surface area contributed by atoms with Gasteiger partial charge in [-0.05, 0) is 42.7 Å². The summed E-state index contributed by atoms with van der Waals surface area (Å²) in [5.41, 5.74) is 1.19. The van der Waals surface area contributed by atoms with E-state index in [2.05, 4.69) is 31.1 Å². The first kappa shape index (κ1) is 16.8. The lowest BCUT2D eigenvalue weighted by Crippen LogP contribution is -2.34. The fourth-order valence-electron chi connectivity index (χ4n) is 1.82. The molecule has 1 aromatic heterocycles. The zero-order valence-electron chi connectivity index (χ0n) is 12.2. The van der Waals surface area contributed by atoms with Crippen LogP contribution in [-0.4, -0.2) is 29.1 Å². The molecule has 0 aliphatic rings. The van der Waals surface area contributed by atoms with Crippen LogP contribution >= 0.6 is 23.4 Å². The molecule has 108 valence electrons. The third kappa shape index (κ3) is 7.19. The van der Waals surface area contributed by atoms with Crippen LogP contribution in [0.4, 0.5) is 0 Å². The van der Waals surface area contributed by atoms with Crippen molar-refractivity contribution in [3.63, 3.8) is 0 Å². The fraction of sp³-hybridized carbons (Fsp3) is 0.667. The van der Waals surface area contributed by atoms with E-state index in [1.165, 1.54) is 11.3 Å². The van der Waals surface area contributed by atoms with Gasteiger partial charge in [0.1, 0.15) is 0 Å². The van der Waals surface area contributed by atoms with Crippen LogP contribution in [0.3, 0.4) is 0 Å². The Kier molecular flexibility index (Phi) is 8.51. The van der Waals surface area contributed by atoms with Crippen LogP contribution in [0.25, 0.3) is 0 Å². The number of nitrogens with one attached hydrogen (secondary N) is 1. The maximum atomic E-state index is 6.19. The molecule has 1 heterocycles. The average Bonchev–Trinajstić information content (AvgIpc) is 2.37. The van der Waals surface area contributed by atoms with Gasteiger partial charge in [0, 0.05) is 24.2 Å². The second-order valence-electron chi connectivity index (χ2n) is 5.25. The van der Waals surface area contributed by atoms with Gasteiger partial charge in [-0.3, -0.25) is 4.98 Å². The lowest BCUT2D eigenvalue weighted by atomic mass is 10.1. The van der Waals surface area contributed by atoms with Crippen molar-refractivity contribution in [2.75, 3.05) is 18.1 Å². The highest BCUT2D eigenvalue weighted by atomic mass is 35.5. The van der Waals surface area contributed by atoms with E-state index in [0.29, 0.717) is 6.04 Å². The van der Waals surface area contributed by atoms with Crippen molar-refractivity contribution >= 4 is 23.4 Å². The van der Waals surface area contributed by atoms with Crippen molar-refractivity contribution in [2.24, 2.45) is 5.92 Å². The first-order valence-electron chi connectivity index (χ1n) is 7.03. The Morgan fingerprint density at radius 3 is 2.79 bits per heavy atom. The molecule has 0 bridgehead atoms. The molecule has 19 heavy (non-hydrogen) atoms. The summed E-state index contributed by atoms with van der Waals surface area (Å²) in [5.74, 6) is 3.10. The number of thioether (sulfide) groups is 1. The van der Waals surface area contributed by atoms with Crippen molar-refractivity contribution in [3.05, 3.63) is 29.0 Å². The van der Waals surface area contributed by atoms with Gasteiger partial charge in [0.2, 0.25) is 0 Å². The molecule has 0 aliphatic heterocycles. The van der Waals surface area contributed by atoms with Crippen molar-refractivity contribution < 1.29 is 0 Å². The maximum absolute atomic E-state index is 6.19. The van der Waals surface area contributed by atoms with Crippen molar-refractivity contribution in [3.8, 4) is 0 Å². The predicted molar refractivity (Wildman–Crippen MR) is 87.2 cm³/mol. The molecule has 0 saturated heterocycles. The Bertz CT molecular complexity index is 358. The highest BCUT2D eigenvalue weighted by Gasteiger charge is 2.11. The summed E-state index contributed by atoms with van der Waals surface area (Å²) in [6, 6.07) is 2.51. The minimum atomic E-state index is 0.489. The number of hydrogen-bond donors (Lipinski definition) is 1. The number of halogens is 1. The second-order valence-corrected chi connectivity index (χ2v) is 6.74. The molecule has 1 aromatic rings. The molecule has 1 rings (SSSR count). The quantitative estimate of drug-likeness (QED) is 0.745. The van der Waals surface area contributed by atoms with Gasteiger partial charge in [-0.15, -0.1) is 0 Å². The van der Waals surface area contributed by atoms with Crippen LogP contribution in [0.1, 0.15) is 32.8 Å². The van der Waals surface area contributed by atoms with E-state index in [4.69, 9.17) is 11.6 Å². The summed E-state index contributed by atoms with van der Waals surface area (Å²) in [6.45, 7) is 7.79. The molecule has 0 spiro atoms. The summed E-state index contributed by atoms with van der Waals surface area (Å²) in [4.78, 5) is 4.04. The first-order valence-corrected chi connectivity index (χ1v) is 8.56. The monoisotopic (exact) mass is 300 g/mol. The highest BCUT2D eigenvalue weighted by molar-refractivity contribution is 7.99. The molecule has 1 N–H and O–H groups in total. The SMILES string of the molecule is CCCNC(CSCC(C)C)Cc1ccncc1Cl. The summed E-state index contributed by atoms with van der Waals surface area (Å²) >= 11 is 8.21. The summed E-state index contributed by atoms with van der Waals surface area (Å²) < 4.78 is 0. The van der Waals surface area contributed by atoms with Gasteiger partial charge in [0.25, 0.3) is 0 Å². The van der Waals surface area contributed by atoms with E-state index in [1.54, 1.807) is 6.20 Å². The summed E-state index contributed by atoms with van der Waals surface area (Å²) in [7, 11) is 0. The molecular weight excluding hydrogens is 276 g/mol. The number of hydrogen-bond acceptors (Lipinski definition) is 3. The van der Waals surface area contributed by atoms with Gasteiger partial charge < -0.3 is 5.32 Å². The average molecular weight is 301 g/mol. The van der Waals surface area contributed by atoms with Gasteiger partial charge in [-0.1, -0.05) is 32.4 Å². The molecule has 0 saturated carbocycles. The molecule has 1 atom stereocenters. The van der Waals surface area contributed by atoms with E-state index >= 15 is 0 Å². The molecule has 0 aliphatic carbocycles. The normalized spacial score (nSPS) is 12.9. The van der Waals surface area contributed by atoms with Crippen LogP contribution in [0, 0.1) is 5.92 Å².